The highest BCUT2D eigenvalue weighted by Gasteiger charge is 2.18. The summed E-state index contributed by atoms with van der Waals surface area (Å²) in [7, 11) is 1.68. The number of nitrogens with zero attached hydrogens (tertiary/aromatic N) is 2. The van der Waals surface area contributed by atoms with Crippen LogP contribution in [-0.2, 0) is 7.05 Å². The number of carbonyl (C=O) groups excluding carboxylic acids is 1. The Morgan fingerprint density at radius 2 is 2.06 bits per heavy atom. The molecule has 3 nitrogen and oxygen atoms in total. The van der Waals surface area contributed by atoms with E-state index in [1.807, 2.05) is 0 Å². The molecule has 0 N–H and O–H groups in total. The third-order valence-corrected chi connectivity index (χ3v) is 3.48. The molecule has 0 amide bonds. The van der Waals surface area contributed by atoms with Gasteiger partial charge in [0, 0.05) is 12.6 Å². The molecule has 2 aromatic rings. The quantitative estimate of drug-likeness (QED) is 0.769. The molecule has 1 aromatic heterocycles. The van der Waals surface area contributed by atoms with Crippen molar-refractivity contribution in [3.8, 4) is 0 Å². The Balaban J connectivity index is 2.48. The molecule has 17 heavy (non-hydrogen) atoms. The maximum Gasteiger partial charge on any atom is 0.212 e. The van der Waals surface area contributed by atoms with E-state index < -0.39 is 5.82 Å². The van der Waals surface area contributed by atoms with Crippen molar-refractivity contribution in [3.05, 3.63) is 50.4 Å². The Bertz CT molecular complexity index is 576. The standard InChI is InChI=1S/C11H7Br2FN2O/c1-16-10(8(13)5-15-16)11(17)6-2-3-9(14)7(12)4-6/h2-5H,1H3. The molecule has 0 fully saturated rings. The second-order valence-corrected chi connectivity index (χ2v) is 5.13. The molecule has 2 rings (SSSR count). The van der Waals surface area contributed by atoms with Gasteiger partial charge in [0.2, 0.25) is 5.78 Å². The highest BCUT2D eigenvalue weighted by molar-refractivity contribution is 9.10. The molecule has 1 aromatic carbocycles. The van der Waals surface area contributed by atoms with Gasteiger partial charge in [-0.05, 0) is 50.1 Å². The maximum atomic E-state index is 13.1. The first-order chi connectivity index (χ1) is 8.00. The average Bonchev–Trinajstić information content (AvgIpc) is 2.62. The van der Waals surface area contributed by atoms with E-state index in [0.29, 0.717) is 15.7 Å². The van der Waals surface area contributed by atoms with Crippen molar-refractivity contribution in [1.29, 1.82) is 0 Å². The first-order valence-electron chi connectivity index (χ1n) is 4.68. The number of benzene rings is 1. The minimum absolute atomic E-state index is 0.211. The summed E-state index contributed by atoms with van der Waals surface area (Å²) in [5.41, 5.74) is 0.839. The molecule has 0 saturated heterocycles. The first-order valence-corrected chi connectivity index (χ1v) is 6.26. The van der Waals surface area contributed by atoms with E-state index in [9.17, 15) is 9.18 Å². The third-order valence-electron chi connectivity index (χ3n) is 2.29. The number of aryl methyl sites for hydroxylation is 1. The van der Waals surface area contributed by atoms with Crippen LogP contribution in [0.15, 0.2) is 33.3 Å². The predicted octanol–water partition coefficient (Wildman–Crippen LogP) is 3.32. The zero-order chi connectivity index (χ0) is 12.6. The van der Waals surface area contributed by atoms with Crippen LogP contribution in [0.3, 0.4) is 0 Å². The van der Waals surface area contributed by atoms with E-state index in [0.717, 1.165) is 0 Å². The summed E-state index contributed by atoms with van der Waals surface area (Å²) in [6.07, 6.45) is 1.55. The van der Waals surface area contributed by atoms with Crippen LogP contribution in [0.1, 0.15) is 16.1 Å². The number of aromatic nitrogens is 2. The summed E-state index contributed by atoms with van der Waals surface area (Å²) in [6.45, 7) is 0. The zero-order valence-corrected chi connectivity index (χ0v) is 11.9. The first kappa shape index (κ1) is 12.4. The Kier molecular flexibility index (Phi) is 3.44. The fraction of sp³-hybridized carbons (Fsp3) is 0.0909. The lowest BCUT2D eigenvalue weighted by Crippen LogP contribution is -2.09. The van der Waals surface area contributed by atoms with Crippen molar-refractivity contribution in [2.24, 2.45) is 7.05 Å². The van der Waals surface area contributed by atoms with Gasteiger partial charge in [-0.3, -0.25) is 9.48 Å². The van der Waals surface area contributed by atoms with Crippen LogP contribution >= 0.6 is 31.9 Å². The van der Waals surface area contributed by atoms with Gasteiger partial charge in [-0.15, -0.1) is 0 Å². The highest BCUT2D eigenvalue weighted by atomic mass is 79.9. The third kappa shape index (κ3) is 2.32. The molecule has 88 valence electrons. The van der Waals surface area contributed by atoms with Gasteiger partial charge in [-0.2, -0.15) is 5.10 Å². The number of rotatable bonds is 2. The van der Waals surface area contributed by atoms with Crippen molar-refractivity contribution in [2.75, 3.05) is 0 Å². The van der Waals surface area contributed by atoms with Crippen LogP contribution in [0.4, 0.5) is 4.39 Å². The summed E-state index contributed by atoms with van der Waals surface area (Å²) in [5.74, 6) is -0.608. The molecule has 0 spiro atoms. The molecule has 0 aliphatic heterocycles. The minimum Gasteiger partial charge on any atom is -0.287 e. The predicted molar refractivity (Wildman–Crippen MR) is 68.4 cm³/mol. The average molecular weight is 362 g/mol. The van der Waals surface area contributed by atoms with Gasteiger partial charge >= 0.3 is 0 Å². The van der Waals surface area contributed by atoms with E-state index in [-0.39, 0.29) is 10.3 Å². The molecule has 6 heteroatoms. The molecule has 0 bridgehead atoms. The fourth-order valence-corrected chi connectivity index (χ4v) is 2.35. The number of hydrogen-bond donors (Lipinski definition) is 0. The molecular weight excluding hydrogens is 355 g/mol. The lowest BCUT2D eigenvalue weighted by atomic mass is 10.1. The lowest BCUT2D eigenvalue weighted by molar-refractivity contribution is 0.102. The zero-order valence-electron chi connectivity index (χ0n) is 8.75. The van der Waals surface area contributed by atoms with Crippen molar-refractivity contribution in [1.82, 2.24) is 9.78 Å². The number of carbonyl (C=O) groups is 1. The van der Waals surface area contributed by atoms with Crippen molar-refractivity contribution >= 4 is 37.6 Å². The van der Waals surface area contributed by atoms with Crippen molar-refractivity contribution in [2.45, 2.75) is 0 Å². The summed E-state index contributed by atoms with van der Waals surface area (Å²) in [5, 5.41) is 3.97. The van der Waals surface area contributed by atoms with Gasteiger partial charge in [0.15, 0.2) is 0 Å². The molecule has 0 unspecified atom stereocenters. The molecular formula is C11H7Br2FN2O. The Hall–Kier alpha value is -1.01. The van der Waals surface area contributed by atoms with Gasteiger partial charge in [-0.25, -0.2) is 4.39 Å². The second kappa shape index (κ2) is 4.70. The van der Waals surface area contributed by atoms with Crippen LogP contribution in [0, 0.1) is 5.82 Å². The van der Waals surface area contributed by atoms with Crippen LogP contribution in [-0.4, -0.2) is 15.6 Å². The van der Waals surface area contributed by atoms with E-state index in [1.54, 1.807) is 13.2 Å². The summed E-state index contributed by atoms with van der Waals surface area (Å²) in [4.78, 5) is 12.2. The summed E-state index contributed by atoms with van der Waals surface area (Å²) < 4.78 is 15.4. The molecule has 0 saturated carbocycles. The van der Waals surface area contributed by atoms with E-state index in [2.05, 4.69) is 37.0 Å². The van der Waals surface area contributed by atoms with Crippen molar-refractivity contribution in [3.63, 3.8) is 0 Å². The summed E-state index contributed by atoms with van der Waals surface area (Å²) >= 11 is 6.31. The van der Waals surface area contributed by atoms with Gasteiger partial charge in [0.25, 0.3) is 0 Å². The topological polar surface area (TPSA) is 34.9 Å². The fourth-order valence-electron chi connectivity index (χ4n) is 1.44. The summed E-state index contributed by atoms with van der Waals surface area (Å²) in [6, 6.07) is 4.15. The van der Waals surface area contributed by atoms with E-state index >= 15 is 0 Å². The number of ketones is 1. The van der Waals surface area contributed by atoms with Gasteiger partial charge in [0.1, 0.15) is 11.5 Å². The molecule has 0 radical (unpaired) electrons. The lowest BCUT2D eigenvalue weighted by Gasteiger charge is -2.03. The molecule has 0 aliphatic carbocycles. The van der Waals surface area contributed by atoms with Crippen LogP contribution < -0.4 is 0 Å². The maximum absolute atomic E-state index is 13.1. The smallest absolute Gasteiger partial charge is 0.212 e. The number of hydrogen-bond acceptors (Lipinski definition) is 2. The largest absolute Gasteiger partial charge is 0.287 e. The van der Waals surface area contributed by atoms with Gasteiger partial charge in [-0.1, -0.05) is 0 Å². The van der Waals surface area contributed by atoms with E-state index in [4.69, 9.17) is 0 Å². The van der Waals surface area contributed by atoms with Crippen LogP contribution in [0.25, 0.3) is 0 Å². The van der Waals surface area contributed by atoms with Gasteiger partial charge in [0.05, 0.1) is 15.1 Å². The Morgan fingerprint density at radius 1 is 1.35 bits per heavy atom. The SMILES string of the molecule is Cn1ncc(Br)c1C(=O)c1ccc(F)c(Br)c1. The van der Waals surface area contributed by atoms with E-state index in [1.165, 1.54) is 22.9 Å². The molecule has 0 aliphatic rings. The normalized spacial score (nSPS) is 10.6. The van der Waals surface area contributed by atoms with Gasteiger partial charge < -0.3 is 0 Å². The van der Waals surface area contributed by atoms with Crippen molar-refractivity contribution < 1.29 is 9.18 Å². The van der Waals surface area contributed by atoms with Crippen LogP contribution in [0.5, 0.6) is 0 Å². The number of halogens is 3. The Labute approximate surface area is 114 Å². The highest BCUT2D eigenvalue weighted by Crippen LogP contribution is 2.22. The molecule has 0 atom stereocenters. The van der Waals surface area contributed by atoms with Crippen LogP contribution in [0.2, 0.25) is 0 Å². The minimum atomic E-state index is -0.398. The monoisotopic (exact) mass is 360 g/mol. The Morgan fingerprint density at radius 3 is 2.59 bits per heavy atom. The molecule has 1 heterocycles. The second-order valence-electron chi connectivity index (χ2n) is 3.42.